The van der Waals surface area contributed by atoms with E-state index in [2.05, 4.69) is 11.8 Å². The van der Waals surface area contributed by atoms with E-state index >= 15 is 0 Å². The second-order valence-corrected chi connectivity index (χ2v) is 3.67. The number of nitrogen functional groups attached to an aromatic ring is 1. The number of nitrogens with two attached hydrogens (primary N) is 1. The van der Waals surface area contributed by atoms with Gasteiger partial charge in [-0.15, -0.1) is 0 Å². The molecule has 0 saturated carbocycles. The van der Waals surface area contributed by atoms with Gasteiger partial charge in [-0.1, -0.05) is 11.8 Å². The second kappa shape index (κ2) is 4.69. The lowest BCUT2D eigenvalue weighted by Gasteiger charge is -2.01. The molecule has 0 fully saturated rings. The van der Waals surface area contributed by atoms with E-state index in [-0.39, 0.29) is 0 Å². The molecule has 1 aromatic rings. The maximum absolute atomic E-state index is 5.71. The fourth-order valence-electron chi connectivity index (χ4n) is 1.18. The van der Waals surface area contributed by atoms with Crippen molar-refractivity contribution in [3.05, 3.63) is 29.3 Å². The molecule has 74 valence electrons. The molecule has 2 N–H and O–H groups in total. The summed E-state index contributed by atoms with van der Waals surface area (Å²) in [5.41, 5.74) is 8.63. The number of hydrogen-bond acceptors (Lipinski definition) is 2. The molecule has 0 atom stereocenters. The predicted molar refractivity (Wildman–Crippen MR) is 61.0 cm³/mol. The minimum Gasteiger partial charge on any atom is -0.399 e. The lowest BCUT2D eigenvalue weighted by atomic mass is 10.1. The van der Waals surface area contributed by atoms with E-state index in [0.29, 0.717) is 0 Å². The number of benzene rings is 1. The molecule has 0 heterocycles. The Balaban J connectivity index is 2.79. The Morgan fingerprint density at radius 1 is 1.29 bits per heavy atom. The van der Waals surface area contributed by atoms with E-state index in [9.17, 15) is 0 Å². The van der Waals surface area contributed by atoms with Gasteiger partial charge in [-0.05, 0) is 44.8 Å². The Morgan fingerprint density at radius 3 is 2.57 bits per heavy atom. The first-order valence-corrected chi connectivity index (χ1v) is 4.58. The van der Waals surface area contributed by atoms with Gasteiger partial charge in [-0.2, -0.15) is 0 Å². The summed E-state index contributed by atoms with van der Waals surface area (Å²) in [5.74, 6) is 6.16. The maximum atomic E-state index is 5.71. The van der Waals surface area contributed by atoms with Crippen molar-refractivity contribution in [2.24, 2.45) is 0 Å². The number of rotatable bonds is 1. The van der Waals surface area contributed by atoms with Gasteiger partial charge in [-0.25, -0.2) is 0 Å². The molecule has 0 saturated heterocycles. The van der Waals surface area contributed by atoms with Crippen LogP contribution in [0.5, 0.6) is 0 Å². The highest BCUT2D eigenvalue weighted by atomic mass is 15.0. The van der Waals surface area contributed by atoms with Crippen LogP contribution < -0.4 is 5.73 Å². The second-order valence-electron chi connectivity index (χ2n) is 3.67. The Morgan fingerprint density at radius 2 is 2.00 bits per heavy atom. The largest absolute Gasteiger partial charge is 0.399 e. The van der Waals surface area contributed by atoms with Crippen LogP contribution in [0.4, 0.5) is 5.69 Å². The van der Waals surface area contributed by atoms with Crippen molar-refractivity contribution in [3.63, 3.8) is 0 Å². The zero-order valence-corrected chi connectivity index (χ0v) is 8.96. The monoisotopic (exact) mass is 188 g/mol. The third-order valence-electron chi connectivity index (χ3n) is 1.73. The molecule has 14 heavy (non-hydrogen) atoms. The molecule has 1 aromatic carbocycles. The van der Waals surface area contributed by atoms with Crippen LogP contribution >= 0.6 is 0 Å². The Kier molecular flexibility index (Phi) is 3.55. The Labute approximate surface area is 85.7 Å². The van der Waals surface area contributed by atoms with Crippen LogP contribution in [0, 0.1) is 18.8 Å². The summed E-state index contributed by atoms with van der Waals surface area (Å²) in [4.78, 5) is 2.03. The van der Waals surface area contributed by atoms with Crippen LogP contribution in [0.2, 0.25) is 0 Å². The minimum absolute atomic E-state index is 0.772. The first-order valence-electron chi connectivity index (χ1n) is 4.58. The van der Waals surface area contributed by atoms with E-state index in [0.717, 1.165) is 23.4 Å². The summed E-state index contributed by atoms with van der Waals surface area (Å²) >= 11 is 0. The van der Waals surface area contributed by atoms with Crippen molar-refractivity contribution in [2.45, 2.75) is 6.92 Å². The van der Waals surface area contributed by atoms with Gasteiger partial charge in [0.05, 0.1) is 6.54 Å². The van der Waals surface area contributed by atoms with Gasteiger partial charge in [0.2, 0.25) is 0 Å². The van der Waals surface area contributed by atoms with Crippen LogP contribution in [0.25, 0.3) is 0 Å². The molecule has 0 aliphatic heterocycles. The molecule has 2 heteroatoms. The maximum Gasteiger partial charge on any atom is 0.0600 e. The molecule has 1 rings (SSSR count). The van der Waals surface area contributed by atoms with E-state index in [4.69, 9.17) is 5.73 Å². The Bertz CT molecular complexity index is 349. The summed E-state index contributed by atoms with van der Waals surface area (Å²) in [6.07, 6.45) is 0. The molecular weight excluding hydrogens is 172 g/mol. The summed E-state index contributed by atoms with van der Waals surface area (Å²) < 4.78 is 0. The van der Waals surface area contributed by atoms with Crippen molar-refractivity contribution < 1.29 is 0 Å². The molecule has 0 spiro atoms. The first kappa shape index (κ1) is 10.6. The molecule has 0 unspecified atom stereocenters. The number of hydrogen-bond donors (Lipinski definition) is 1. The van der Waals surface area contributed by atoms with Crippen LogP contribution in [0.3, 0.4) is 0 Å². The predicted octanol–water partition coefficient (Wildman–Crippen LogP) is 1.49. The van der Waals surface area contributed by atoms with Crippen LogP contribution in [-0.2, 0) is 0 Å². The van der Waals surface area contributed by atoms with E-state index in [1.54, 1.807) is 0 Å². The van der Waals surface area contributed by atoms with Gasteiger partial charge in [0.1, 0.15) is 0 Å². The molecule has 0 aliphatic rings. The number of nitrogens with zero attached hydrogens (tertiary/aromatic N) is 1. The average molecular weight is 188 g/mol. The van der Waals surface area contributed by atoms with Crippen molar-refractivity contribution >= 4 is 5.69 Å². The molecule has 0 radical (unpaired) electrons. The molecule has 0 bridgehead atoms. The van der Waals surface area contributed by atoms with E-state index in [1.165, 1.54) is 0 Å². The summed E-state index contributed by atoms with van der Waals surface area (Å²) in [5, 5.41) is 0. The fraction of sp³-hybridized carbons (Fsp3) is 0.333. The normalized spacial score (nSPS) is 9.71. The van der Waals surface area contributed by atoms with Crippen molar-refractivity contribution in [2.75, 3.05) is 26.4 Å². The SMILES string of the molecule is Cc1cc(N)cc(C#CCN(C)C)c1. The lowest BCUT2D eigenvalue weighted by molar-refractivity contribution is 0.464. The third-order valence-corrected chi connectivity index (χ3v) is 1.73. The van der Waals surface area contributed by atoms with Crippen molar-refractivity contribution in [3.8, 4) is 11.8 Å². The van der Waals surface area contributed by atoms with Gasteiger partial charge >= 0.3 is 0 Å². The highest BCUT2D eigenvalue weighted by Crippen LogP contribution is 2.09. The van der Waals surface area contributed by atoms with Crippen LogP contribution in [-0.4, -0.2) is 25.5 Å². The summed E-state index contributed by atoms with van der Waals surface area (Å²) in [7, 11) is 4.00. The van der Waals surface area contributed by atoms with Crippen molar-refractivity contribution in [1.29, 1.82) is 0 Å². The number of aryl methyl sites for hydroxylation is 1. The van der Waals surface area contributed by atoms with Gasteiger partial charge in [0, 0.05) is 11.3 Å². The third kappa shape index (κ3) is 3.51. The lowest BCUT2D eigenvalue weighted by Crippen LogP contribution is -2.10. The zero-order chi connectivity index (χ0) is 10.6. The van der Waals surface area contributed by atoms with Gasteiger partial charge in [0.25, 0.3) is 0 Å². The number of anilines is 1. The molecular formula is C12H16N2. The molecule has 0 amide bonds. The highest BCUT2D eigenvalue weighted by Gasteiger charge is 1.91. The van der Waals surface area contributed by atoms with Crippen LogP contribution in [0.1, 0.15) is 11.1 Å². The van der Waals surface area contributed by atoms with Gasteiger partial charge in [-0.3, -0.25) is 4.90 Å². The van der Waals surface area contributed by atoms with E-state index < -0.39 is 0 Å². The standard InChI is InChI=1S/C12H16N2/c1-10-7-11(9-12(13)8-10)5-4-6-14(2)3/h7-9H,6,13H2,1-3H3. The summed E-state index contributed by atoms with van der Waals surface area (Å²) in [6.45, 7) is 2.79. The molecule has 0 aromatic heterocycles. The topological polar surface area (TPSA) is 29.3 Å². The van der Waals surface area contributed by atoms with E-state index in [1.807, 2.05) is 44.1 Å². The van der Waals surface area contributed by atoms with Crippen molar-refractivity contribution in [1.82, 2.24) is 4.90 Å². The summed E-state index contributed by atoms with van der Waals surface area (Å²) in [6, 6.07) is 5.88. The van der Waals surface area contributed by atoms with Gasteiger partial charge in [0.15, 0.2) is 0 Å². The smallest absolute Gasteiger partial charge is 0.0600 e. The minimum atomic E-state index is 0.772. The molecule has 0 aliphatic carbocycles. The first-order chi connectivity index (χ1) is 6.58. The molecule has 2 nitrogen and oxygen atoms in total. The van der Waals surface area contributed by atoms with Gasteiger partial charge < -0.3 is 5.73 Å². The zero-order valence-electron chi connectivity index (χ0n) is 8.96. The van der Waals surface area contributed by atoms with Crippen LogP contribution in [0.15, 0.2) is 18.2 Å². The quantitative estimate of drug-likeness (QED) is 0.534. The average Bonchev–Trinajstić information content (AvgIpc) is 2.01. The highest BCUT2D eigenvalue weighted by molar-refractivity contribution is 5.49. The fourth-order valence-corrected chi connectivity index (χ4v) is 1.18. The Hall–Kier alpha value is -1.46.